The van der Waals surface area contributed by atoms with Gasteiger partial charge in [0.15, 0.2) is 0 Å². The summed E-state index contributed by atoms with van der Waals surface area (Å²) in [7, 11) is 0. The van der Waals surface area contributed by atoms with Crippen LogP contribution in [-0.2, 0) is 0 Å². The molecular formula is C20H18Cl2FN3. The minimum Gasteiger partial charge on any atom is -0.382 e. The van der Waals surface area contributed by atoms with E-state index in [1.165, 1.54) is 6.07 Å². The highest BCUT2D eigenvalue weighted by Crippen LogP contribution is 2.41. The van der Waals surface area contributed by atoms with E-state index in [9.17, 15) is 4.39 Å². The quantitative estimate of drug-likeness (QED) is 0.508. The van der Waals surface area contributed by atoms with Gasteiger partial charge in [0.05, 0.1) is 16.4 Å². The summed E-state index contributed by atoms with van der Waals surface area (Å²) in [5.41, 5.74) is 2.66. The second-order valence-corrected chi connectivity index (χ2v) is 6.75. The van der Waals surface area contributed by atoms with E-state index in [2.05, 4.69) is 22.2 Å². The van der Waals surface area contributed by atoms with Gasteiger partial charge in [-0.3, -0.25) is 4.98 Å². The Hall–Kier alpha value is -2.17. The second kappa shape index (κ2) is 8.02. The predicted molar refractivity (Wildman–Crippen MR) is 106 cm³/mol. The molecule has 0 fully saturated rings. The Bertz CT molecular complexity index is 896. The topological polar surface area (TPSA) is 37.8 Å². The average molecular weight is 390 g/mol. The molecule has 0 bridgehead atoms. The smallest absolute Gasteiger partial charge is 0.139 e. The first-order valence-electron chi connectivity index (χ1n) is 8.34. The molecular weight excluding hydrogens is 372 g/mol. The average Bonchev–Trinajstić information content (AvgIpc) is 2.63. The Morgan fingerprint density at radius 2 is 1.88 bits per heavy atom. The minimum absolute atomic E-state index is 0.161. The summed E-state index contributed by atoms with van der Waals surface area (Å²) < 4.78 is 14.5. The standard InChI is InChI=1S/C20H18Cl2FN3/c1-3-12(2)25-17-11-16(15-9-4-5-10-24-15)26-20(22)19(17)18-13(21)7-6-8-14(18)23/h4-12H,3H2,1-2H3,(H,25,26). The summed E-state index contributed by atoms with van der Waals surface area (Å²) in [6.07, 6.45) is 2.58. The van der Waals surface area contributed by atoms with Crippen LogP contribution >= 0.6 is 23.2 Å². The van der Waals surface area contributed by atoms with Crippen molar-refractivity contribution < 1.29 is 4.39 Å². The molecule has 3 nitrogen and oxygen atoms in total. The first-order chi connectivity index (χ1) is 12.5. The highest BCUT2D eigenvalue weighted by molar-refractivity contribution is 6.36. The number of pyridine rings is 2. The first-order valence-corrected chi connectivity index (χ1v) is 9.09. The molecule has 0 aliphatic heterocycles. The molecule has 134 valence electrons. The Labute approximate surface area is 162 Å². The van der Waals surface area contributed by atoms with Crippen molar-refractivity contribution in [3.8, 4) is 22.5 Å². The van der Waals surface area contributed by atoms with Gasteiger partial charge in [0.25, 0.3) is 0 Å². The third kappa shape index (κ3) is 3.81. The van der Waals surface area contributed by atoms with Crippen LogP contribution in [0.15, 0.2) is 48.7 Å². The Kier molecular flexibility index (Phi) is 5.74. The molecule has 0 saturated carbocycles. The lowest BCUT2D eigenvalue weighted by Gasteiger charge is -2.20. The molecule has 0 spiro atoms. The molecule has 0 saturated heterocycles. The summed E-state index contributed by atoms with van der Waals surface area (Å²) in [5, 5.41) is 3.84. The van der Waals surface area contributed by atoms with Gasteiger partial charge < -0.3 is 5.32 Å². The maximum Gasteiger partial charge on any atom is 0.139 e. The Morgan fingerprint density at radius 3 is 2.54 bits per heavy atom. The van der Waals surface area contributed by atoms with Crippen molar-refractivity contribution >= 4 is 28.9 Å². The van der Waals surface area contributed by atoms with Crippen LogP contribution in [0.2, 0.25) is 10.2 Å². The van der Waals surface area contributed by atoms with Crippen LogP contribution in [0.1, 0.15) is 20.3 Å². The fourth-order valence-corrected chi connectivity index (χ4v) is 3.16. The highest BCUT2D eigenvalue weighted by atomic mass is 35.5. The third-order valence-corrected chi connectivity index (χ3v) is 4.72. The van der Waals surface area contributed by atoms with Gasteiger partial charge in [0.2, 0.25) is 0 Å². The summed E-state index contributed by atoms with van der Waals surface area (Å²) >= 11 is 12.8. The van der Waals surface area contributed by atoms with Crippen molar-refractivity contribution in [3.63, 3.8) is 0 Å². The molecule has 3 aromatic rings. The summed E-state index contributed by atoms with van der Waals surface area (Å²) in [5.74, 6) is -0.445. The van der Waals surface area contributed by atoms with Gasteiger partial charge in [-0.2, -0.15) is 0 Å². The third-order valence-electron chi connectivity index (χ3n) is 4.13. The molecule has 0 amide bonds. The van der Waals surface area contributed by atoms with Gasteiger partial charge >= 0.3 is 0 Å². The molecule has 3 rings (SSSR count). The number of aromatic nitrogens is 2. The van der Waals surface area contributed by atoms with E-state index in [4.69, 9.17) is 23.2 Å². The van der Waals surface area contributed by atoms with Gasteiger partial charge in [0.1, 0.15) is 11.0 Å². The lowest BCUT2D eigenvalue weighted by molar-refractivity contribution is 0.631. The van der Waals surface area contributed by atoms with Gasteiger partial charge in [-0.1, -0.05) is 42.3 Å². The van der Waals surface area contributed by atoms with Crippen LogP contribution in [0.3, 0.4) is 0 Å². The van der Waals surface area contributed by atoms with Gasteiger partial charge in [-0.25, -0.2) is 9.37 Å². The molecule has 0 radical (unpaired) electrons. The van der Waals surface area contributed by atoms with Gasteiger partial charge in [-0.15, -0.1) is 0 Å². The van der Waals surface area contributed by atoms with Crippen molar-refractivity contribution in [3.05, 3.63) is 64.7 Å². The summed E-state index contributed by atoms with van der Waals surface area (Å²) in [6, 6.07) is 12.1. The normalized spacial score (nSPS) is 12.0. The van der Waals surface area contributed by atoms with Crippen molar-refractivity contribution in [1.82, 2.24) is 9.97 Å². The lowest BCUT2D eigenvalue weighted by atomic mass is 10.0. The fourth-order valence-electron chi connectivity index (χ4n) is 2.62. The second-order valence-electron chi connectivity index (χ2n) is 5.99. The number of hydrogen-bond acceptors (Lipinski definition) is 3. The minimum atomic E-state index is -0.445. The molecule has 0 aliphatic carbocycles. The zero-order valence-corrected chi connectivity index (χ0v) is 15.9. The van der Waals surface area contributed by atoms with E-state index in [0.29, 0.717) is 22.6 Å². The fraction of sp³-hybridized carbons (Fsp3) is 0.200. The van der Waals surface area contributed by atoms with Crippen LogP contribution in [0.4, 0.5) is 10.1 Å². The lowest BCUT2D eigenvalue weighted by Crippen LogP contribution is -2.15. The van der Waals surface area contributed by atoms with E-state index in [1.807, 2.05) is 31.2 Å². The number of nitrogens with one attached hydrogen (secondary N) is 1. The van der Waals surface area contributed by atoms with E-state index >= 15 is 0 Å². The number of nitrogens with zero attached hydrogens (tertiary/aromatic N) is 2. The van der Waals surface area contributed by atoms with E-state index in [-0.39, 0.29) is 21.8 Å². The van der Waals surface area contributed by atoms with Crippen molar-refractivity contribution in [1.29, 1.82) is 0 Å². The number of anilines is 1. The van der Waals surface area contributed by atoms with Crippen LogP contribution in [0.5, 0.6) is 0 Å². The molecule has 1 unspecified atom stereocenters. The molecule has 1 aromatic carbocycles. The maximum atomic E-state index is 14.5. The van der Waals surface area contributed by atoms with E-state index in [0.717, 1.165) is 6.42 Å². The van der Waals surface area contributed by atoms with Crippen LogP contribution in [-0.4, -0.2) is 16.0 Å². The number of halogens is 3. The molecule has 1 N–H and O–H groups in total. The van der Waals surface area contributed by atoms with Gasteiger partial charge in [-0.05, 0) is 43.7 Å². The highest BCUT2D eigenvalue weighted by Gasteiger charge is 2.21. The number of rotatable bonds is 5. The molecule has 2 heterocycles. The SMILES string of the molecule is CCC(C)Nc1cc(-c2ccccn2)nc(Cl)c1-c1c(F)cccc1Cl. The largest absolute Gasteiger partial charge is 0.382 e. The Balaban J connectivity index is 2.23. The predicted octanol–water partition coefficient (Wildman–Crippen LogP) is 6.47. The summed E-state index contributed by atoms with van der Waals surface area (Å²) in [6.45, 7) is 4.11. The van der Waals surface area contributed by atoms with Crippen molar-refractivity contribution in [2.45, 2.75) is 26.3 Å². The maximum absolute atomic E-state index is 14.5. The van der Waals surface area contributed by atoms with Crippen LogP contribution < -0.4 is 5.32 Å². The zero-order chi connectivity index (χ0) is 18.7. The molecule has 2 aromatic heterocycles. The van der Waals surface area contributed by atoms with E-state index < -0.39 is 5.82 Å². The zero-order valence-electron chi connectivity index (χ0n) is 14.4. The first kappa shape index (κ1) is 18.6. The monoisotopic (exact) mass is 389 g/mol. The number of hydrogen-bond donors (Lipinski definition) is 1. The molecule has 6 heteroatoms. The van der Waals surface area contributed by atoms with Crippen LogP contribution in [0.25, 0.3) is 22.5 Å². The number of benzene rings is 1. The van der Waals surface area contributed by atoms with Crippen molar-refractivity contribution in [2.24, 2.45) is 0 Å². The molecule has 0 aliphatic rings. The molecule has 1 atom stereocenters. The van der Waals surface area contributed by atoms with Gasteiger partial charge in [0, 0.05) is 29.1 Å². The van der Waals surface area contributed by atoms with E-state index in [1.54, 1.807) is 18.3 Å². The van der Waals surface area contributed by atoms with Crippen LogP contribution in [0, 0.1) is 5.82 Å². The molecule has 26 heavy (non-hydrogen) atoms. The Morgan fingerprint density at radius 1 is 1.08 bits per heavy atom. The summed E-state index contributed by atoms with van der Waals surface area (Å²) in [4.78, 5) is 8.75. The van der Waals surface area contributed by atoms with Crippen molar-refractivity contribution in [2.75, 3.05) is 5.32 Å².